The molecule has 0 fully saturated rings. The molecule has 0 radical (unpaired) electrons. The fourth-order valence-corrected chi connectivity index (χ4v) is 4.54. The lowest BCUT2D eigenvalue weighted by Gasteiger charge is -2.14. The number of carboxylic acids is 1. The average molecular weight is 521 g/mol. The Morgan fingerprint density at radius 1 is 0.769 bits per heavy atom. The number of para-hydroxylation sites is 1. The Labute approximate surface area is 226 Å². The van der Waals surface area contributed by atoms with E-state index in [9.17, 15) is 9.90 Å². The summed E-state index contributed by atoms with van der Waals surface area (Å²) >= 11 is 0. The van der Waals surface area contributed by atoms with E-state index in [1.165, 1.54) is 0 Å². The van der Waals surface area contributed by atoms with Gasteiger partial charge in [-0.15, -0.1) is 0 Å². The topological polar surface area (TPSA) is 82.8 Å². The number of hydrogen-bond acceptors (Lipinski definition) is 5. The maximum absolute atomic E-state index is 11.3. The average Bonchev–Trinajstić information content (AvgIpc) is 3.39. The summed E-state index contributed by atoms with van der Waals surface area (Å²) in [6.45, 7) is 0.0548. The van der Waals surface area contributed by atoms with Gasteiger partial charge in [0.25, 0.3) is 0 Å². The molecule has 1 N–H and O–H groups in total. The van der Waals surface area contributed by atoms with E-state index in [2.05, 4.69) is 0 Å². The number of rotatable bonds is 10. The van der Waals surface area contributed by atoms with Gasteiger partial charge in [-0.2, -0.15) is 5.10 Å². The smallest absolute Gasteiger partial charge is 0.341 e. The van der Waals surface area contributed by atoms with Gasteiger partial charge in [0.1, 0.15) is 5.75 Å². The molecule has 0 saturated carbocycles. The molecule has 0 saturated heterocycles. The minimum absolute atomic E-state index is 0.436. The van der Waals surface area contributed by atoms with Crippen molar-refractivity contribution >= 4 is 5.97 Å². The molecule has 1 aromatic heterocycles. The lowest BCUT2D eigenvalue weighted by molar-refractivity contribution is -0.139. The van der Waals surface area contributed by atoms with Crippen molar-refractivity contribution in [3.63, 3.8) is 0 Å². The van der Waals surface area contributed by atoms with Crippen LogP contribution in [0.25, 0.3) is 33.6 Å². The van der Waals surface area contributed by atoms with Crippen LogP contribution in [-0.4, -0.2) is 41.7 Å². The molecule has 7 nitrogen and oxygen atoms in total. The van der Waals surface area contributed by atoms with Crippen LogP contribution >= 0.6 is 0 Å². The molecule has 0 aliphatic heterocycles. The van der Waals surface area contributed by atoms with Crippen LogP contribution in [0, 0.1) is 0 Å². The van der Waals surface area contributed by atoms with E-state index in [4.69, 9.17) is 19.3 Å². The minimum atomic E-state index is -1.05. The standard InChI is InChI=1S/C32H28N2O5/c1-37-30-15-9-14-25(32(30)38-2)28-19-27(33-34(28)20-22-10-5-3-6-11-22)26-18-24(23-12-7-4-8-13-23)16-17-29(26)39-21-31(35)36/h3-19H,20-21H2,1-2H3,(H,35,36). The molecule has 0 aliphatic rings. The van der Waals surface area contributed by atoms with Crippen LogP contribution in [0.2, 0.25) is 0 Å². The number of carbonyl (C=O) groups is 1. The van der Waals surface area contributed by atoms with Crippen LogP contribution in [0.4, 0.5) is 0 Å². The highest BCUT2D eigenvalue weighted by Gasteiger charge is 2.20. The second-order valence-corrected chi connectivity index (χ2v) is 8.86. The SMILES string of the molecule is COc1cccc(-c2cc(-c3cc(-c4ccccc4)ccc3OCC(=O)O)nn2Cc2ccccc2)c1OC. The number of hydrogen-bond donors (Lipinski definition) is 1. The number of nitrogens with zero attached hydrogens (tertiary/aromatic N) is 2. The van der Waals surface area contributed by atoms with Crippen molar-refractivity contribution in [1.29, 1.82) is 0 Å². The van der Waals surface area contributed by atoms with Crippen molar-refractivity contribution in [1.82, 2.24) is 9.78 Å². The van der Waals surface area contributed by atoms with Gasteiger partial charge in [-0.3, -0.25) is 4.68 Å². The maximum atomic E-state index is 11.3. The van der Waals surface area contributed by atoms with Crippen LogP contribution in [0.1, 0.15) is 5.56 Å². The first-order chi connectivity index (χ1) is 19.1. The van der Waals surface area contributed by atoms with Gasteiger partial charge in [0.2, 0.25) is 0 Å². The molecule has 1 heterocycles. The molecule has 5 rings (SSSR count). The summed E-state index contributed by atoms with van der Waals surface area (Å²) < 4.78 is 18.9. The molecule has 7 heteroatoms. The summed E-state index contributed by atoms with van der Waals surface area (Å²) in [6, 6.07) is 33.4. The van der Waals surface area contributed by atoms with Crippen LogP contribution in [0.3, 0.4) is 0 Å². The van der Waals surface area contributed by atoms with Crippen LogP contribution in [0.5, 0.6) is 17.2 Å². The lowest BCUT2D eigenvalue weighted by atomic mass is 10.0. The summed E-state index contributed by atoms with van der Waals surface area (Å²) in [4.78, 5) is 11.3. The lowest BCUT2D eigenvalue weighted by Crippen LogP contribution is -2.10. The van der Waals surface area contributed by atoms with Gasteiger partial charge in [0.05, 0.1) is 32.2 Å². The Hall–Kier alpha value is -5.04. The minimum Gasteiger partial charge on any atom is -0.493 e. The van der Waals surface area contributed by atoms with Gasteiger partial charge in [-0.1, -0.05) is 72.8 Å². The van der Waals surface area contributed by atoms with E-state index in [0.29, 0.717) is 35.1 Å². The fraction of sp³-hybridized carbons (Fsp3) is 0.125. The Morgan fingerprint density at radius 2 is 1.51 bits per heavy atom. The third-order valence-corrected chi connectivity index (χ3v) is 6.35. The molecule has 39 heavy (non-hydrogen) atoms. The molecule has 0 bridgehead atoms. The van der Waals surface area contributed by atoms with Crippen molar-refractivity contribution < 1.29 is 24.1 Å². The highest BCUT2D eigenvalue weighted by atomic mass is 16.5. The normalized spacial score (nSPS) is 10.7. The van der Waals surface area contributed by atoms with E-state index < -0.39 is 12.6 Å². The monoisotopic (exact) mass is 520 g/mol. The van der Waals surface area contributed by atoms with Crippen LogP contribution in [0.15, 0.2) is 103 Å². The third-order valence-electron chi connectivity index (χ3n) is 6.35. The zero-order valence-corrected chi connectivity index (χ0v) is 21.7. The maximum Gasteiger partial charge on any atom is 0.341 e. The Bertz CT molecular complexity index is 1580. The quantitative estimate of drug-likeness (QED) is 0.229. The number of ether oxygens (including phenoxy) is 3. The first-order valence-corrected chi connectivity index (χ1v) is 12.4. The van der Waals surface area contributed by atoms with E-state index in [1.54, 1.807) is 20.3 Å². The zero-order chi connectivity index (χ0) is 27.2. The fourth-order valence-electron chi connectivity index (χ4n) is 4.54. The van der Waals surface area contributed by atoms with Crippen molar-refractivity contribution in [3.8, 4) is 50.9 Å². The molecule has 0 amide bonds. The molecule has 0 spiro atoms. The number of aromatic nitrogens is 2. The van der Waals surface area contributed by atoms with E-state index in [1.807, 2.05) is 102 Å². The zero-order valence-electron chi connectivity index (χ0n) is 21.7. The van der Waals surface area contributed by atoms with Crippen molar-refractivity contribution in [3.05, 3.63) is 109 Å². The number of benzene rings is 4. The third kappa shape index (κ3) is 5.62. The highest BCUT2D eigenvalue weighted by molar-refractivity contribution is 5.80. The second-order valence-electron chi connectivity index (χ2n) is 8.86. The van der Waals surface area contributed by atoms with Crippen molar-refractivity contribution in [2.75, 3.05) is 20.8 Å². The van der Waals surface area contributed by atoms with Crippen LogP contribution in [-0.2, 0) is 11.3 Å². The number of aliphatic carboxylic acids is 1. The predicted molar refractivity (Wildman–Crippen MR) is 150 cm³/mol. The molecular weight excluding hydrogens is 492 g/mol. The molecule has 0 atom stereocenters. The molecule has 4 aromatic carbocycles. The van der Waals surface area contributed by atoms with E-state index >= 15 is 0 Å². The van der Waals surface area contributed by atoms with Gasteiger partial charge < -0.3 is 19.3 Å². The first kappa shape index (κ1) is 25.6. The summed E-state index contributed by atoms with van der Waals surface area (Å²) in [7, 11) is 3.22. The Kier molecular flexibility index (Phi) is 7.59. The Morgan fingerprint density at radius 3 is 2.21 bits per heavy atom. The number of carboxylic acid groups (broad SMARTS) is 1. The van der Waals surface area contributed by atoms with E-state index in [-0.39, 0.29) is 0 Å². The largest absolute Gasteiger partial charge is 0.493 e. The van der Waals surface area contributed by atoms with Crippen molar-refractivity contribution in [2.24, 2.45) is 0 Å². The van der Waals surface area contributed by atoms with Crippen LogP contribution < -0.4 is 14.2 Å². The van der Waals surface area contributed by atoms with Gasteiger partial charge in [0.15, 0.2) is 18.1 Å². The molecular formula is C32H28N2O5. The Balaban J connectivity index is 1.69. The molecule has 196 valence electrons. The molecule has 0 aliphatic carbocycles. The summed E-state index contributed by atoms with van der Waals surface area (Å²) in [6.07, 6.45) is 0. The summed E-state index contributed by atoms with van der Waals surface area (Å²) in [5.41, 5.74) is 6.04. The summed E-state index contributed by atoms with van der Waals surface area (Å²) in [5.74, 6) is 0.594. The number of methoxy groups -OCH3 is 2. The molecule has 5 aromatic rings. The van der Waals surface area contributed by atoms with Crippen molar-refractivity contribution in [2.45, 2.75) is 6.54 Å². The van der Waals surface area contributed by atoms with Gasteiger partial charge >= 0.3 is 5.97 Å². The first-order valence-electron chi connectivity index (χ1n) is 12.4. The van der Waals surface area contributed by atoms with E-state index in [0.717, 1.165) is 27.9 Å². The second kappa shape index (κ2) is 11.6. The highest BCUT2D eigenvalue weighted by Crippen LogP contribution is 2.41. The van der Waals surface area contributed by atoms with Gasteiger partial charge in [-0.25, -0.2) is 4.79 Å². The summed E-state index contributed by atoms with van der Waals surface area (Å²) in [5, 5.41) is 14.3. The van der Waals surface area contributed by atoms with Gasteiger partial charge in [-0.05, 0) is 47.0 Å². The predicted octanol–water partition coefficient (Wildman–Crippen LogP) is 6.41. The molecule has 0 unspecified atom stereocenters. The van der Waals surface area contributed by atoms with Gasteiger partial charge in [0, 0.05) is 11.1 Å².